The van der Waals surface area contributed by atoms with Crippen molar-refractivity contribution in [1.29, 1.82) is 0 Å². The average molecular weight is 648 g/mol. The summed E-state index contributed by atoms with van der Waals surface area (Å²) in [6.07, 6.45) is -0.715. The summed E-state index contributed by atoms with van der Waals surface area (Å²) in [5.41, 5.74) is 1.70. The summed E-state index contributed by atoms with van der Waals surface area (Å²) in [7, 11) is -5.13. The summed E-state index contributed by atoms with van der Waals surface area (Å²) >= 11 is 13.3. The smallest absolute Gasteiger partial charge is 0.198 e. The highest BCUT2D eigenvalue weighted by Crippen LogP contribution is 2.41. The molecule has 0 spiro atoms. The zero-order chi connectivity index (χ0) is 29.8. The first-order chi connectivity index (χ1) is 18.3. The summed E-state index contributed by atoms with van der Waals surface area (Å²) in [5.74, 6) is 0.667. The molecule has 2 aromatic heterocycles. The van der Waals surface area contributed by atoms with Gasteiger partial charge >= 0.3 is 0 Å². The predicted molar refractivity (Wildman–Crippen MR) is 173 cm³/mol. The molecule has 0 amide bonds. The van der Waals surface area contributed by atoms with Crippen LogP contribution in [0.25, 0.3) is 11.0 Å². The van der Waals surface area contributed by atoms with Crippen LogP contribution in [0.5, 0.6) is 5.88 Å². The number of nitrogens with zero attached hydrogens (tertiary/aromatic N) is 2. The zero-order valence-corrected chi connectivity index (χ0v) is 30.6. The van der Waals surface area contributed by atoms with Crippen LogP contribution in [0.4, 0.5) is 0 Å². The normalized spacial score (nSPS) is 24.2. The minimum atomic E-state index is -1.97. The van der Waals surface area contributed by atoms with Crippen LogP contribution in [-0.4, -0.2) is 78.3 Å². The van der Waals surface area contributed by atoms with Crippen molar-refractivity contribution in [2.45, 2.75) is 115 Å². The van der Waals surface area contributed by atoms with Gasteiger partial charge in [-0.2, -0.15) is 0 Å². The first kappa shape index (κ1) is 32.5. The van der Waals surface area contributed by atoms with E-state index < -0.39 is 24.5 Å². The Morgan fingerprint density at radius 2 is 1.57 bits per heavy atom. The van der Waals surface area contributed by atoms with Crippen molar-refractivity contribution in [3.63, 3.8) is 0 Å². The number of fused-ring (bicyclic) bond motifs is 2. The number of pyridine rings is 1. The molecule has 0 unspecified atom stereocenters. The second-order valence-corrected chi connectivity index (χ2v) is 31.1. The van der Waals surface area contributed by atoms with Gasteiger partial charge in [-0.25, -0.2) is 4.98 Å². The summed E-state index contributed by atoms with van der Waals surface area (Å²) in [6, 6.07) is 3.03. The van der Waals surface area contributed by atoms with Crippen LogP contribution in [0.15, 0.2) is 6.07 Å². The van der Waals surface area contributed by atoms with Crippen LogP contribution in [0.3, 0.4) is 0 Å². The molecule has 4 rings (SSSR count). The largest absolute Gasteiger partial charge is 0.470 e. The molecule has 4 atom stereocenters. The number of hydrogen-bond donors (Lipinski definition) is 0. The molecule has 0 N–H and O–H groups in total. The molecule has 7 nitrogen and oxygen atoms in total. The lowest BCUT2D eigenvalue weighted by Crippen LogP contribution is -2.47. The van der Waals surface area contributed by atoms with Crippen molar-refractivity contribution < 1.29 is 23.4 Å². The Kier molecular flexibility index (Phi) is 9.40. The molecule has 226 valence electrons. The molecule has 0 radical (unpaired) electrons. The SMILES string of the molecule is CC(C)(C)[Si](C)(C)O[C@@H]1CO[C@H]2[C@@H]1OC[C@H]2Oc1cc2nc(Cl)c(Cl)c([Si](C)(C)C)c2n1COCC[Si](C)(C)C. The quantitative estimate of drug-likeness (QED) is 0.155. The Labute approximate surface area is 253 Å². The Morgan fingerprint density at radius 3 is 2.15 bits per heavy atom. The number of aromatic nitrogens is 2. The zero-order valence-electron chi connectivity index (χ0n) is 26.1. The van der Waals surface area contributed by atoms with E-state index in [1.807, 2.05) is 6.07 Å². The number of hydrogen-bond acceptors (Lipinski definition) is 6. The number of halogens is 2. The van der Waals surface area contributed by atoms with Crippen LogP contribution in [0.1, 0.15) is 20.8 Å². The van der Waals surface area contributed by atoms with E-state index in [-0.39, 0.29) is 29.5 Å². The molecular formula is C28H48Cl2N2O5Si3. The third kappa shape index (κ3) is 6.86. The predicted octanol–water partition coefficient (Wildman–Crippen LogP) is 7.14. The first-order valence-corrected chi connectivity index (χ1v) is 25.2. The van der Waals surface area contributed by atoms with Gasteiger partial charge in [0, 0.05) is 20.7 Å². The molecule has 2 aliphatic rings. The third-order valence-corrected chi connectivity index (χ3v) is 17.4. The maximum Gasteiger partial charge on any atom is 0.198 e. The second kappa shape index (κ2) is 11.6. The summed E-state index contributed by atoms with van der Waals surface area (Å²) in [4.78, 5) is 4.64. The summed E-state index contributed by atoms with van der Waals surface area (Å²) in [5, 5.41) is 2.02. The fourth-order valence-electron chi connectivity index (χ4n) is 5.01. The van der Waals surface area contributed by atoms with Crippen molar-refractivity contribution >= 4 is 63.9 Å². The van der Waals surface area contributed by atoms with Gasteiger partial charge in [-0.1, -0.05) is 83.3 Å². The van der Waals surface area contributed by atoms with Gasteiger partial charge < -0.3 is 23.4 Å². The van der Waals surface area contributed by atoms with Crippen molar-refractivity contribution in [2.75, 3.05) is 19.8 Å². The van der Waals surface area contributed by atoms with E-state index in [1.165, 1.54) is 0 Å². The van der Waals surface area contributed by atoms with E-state index in [9.17, 15) is 0 Å². The molecule has 0 saturated carbocycles. The van der Waals surface area contributed by atoms with Gasteiger partial charge in [0.1, 0.15) is 24.1 Å². The highest BCUT2D eigenvalue weighted by Gasteiger charge is 2.52. The van der Waals surface area contributed by atoms with Crippen molar-refractivity contribution in [3.05, 3.63) is 16.2 Å². The molecule has 0 aromatic carbocycles. The monoisotopic (exact) mass is 646 g/mol. The Morgan fingerprint density at radius 1 is 0.975 bits per heavy atom. The maximum atomic E-state index is 6.80. The van der Waals surface area contributed by atoms with Gasteiger partial charge in [0.25, 0.3) is 0 Å². The molecule has 12 heteroatoms. The molecule has 0 bridgehead atoms. The van der Waals surface area contributed by atoms with Gasteiger partial charge in [-0.3, -0.25) is 4.57 Å². The van der Waals surface area contributed by atoms with Crippen LogP contribution in [-0.2, 0) is 25.4 Å². The topological polar surface area (TPSA) is 64.0 Å². The van der Waals surface area contributed by atoms with Crippen molar-refractivity contribution in [2.24, 2.45) is 0 Å². The highest BCUT2D eigenvalue weighted by molar-refractivity contribution is 6.92. The lowest BCUT2D eigenvalue weighted by molar-refractivity contribution is 0.00860. The van der Waals surface area contributed by atoms with E-state index >= 15 is 0 Å². The van der Waals surface area contributed by atoms with Gasteiger partial charge in [-0.15, -0.1) is 0 Å². The Hall–Kier alpha value is -0.439. The van der Waals surface area contributed by atoms with E-state index in [1.54, 1.807) is 0 Å². The Balaban J connectivity index is 1.63. The highest BCUT2D eigenvalue weighted by atomic mass is 35.5. The van der Waals surface area contributed by atoms with Crippen LogP contribution < -0.4 is 9.92 Å². The number of ether oxygens (including phenoxy) is 4. The van der Waals surface area contributed by atoms with Crippen LogP contribution in [0.2, 0.25) is 73.6 Å². The van der Waals surface area contributed by atoms with Gasteiger partial charge in [0.2, 0.25) is 0 Å². The maximum absolute atomic E-state index is 6.80. The lowest BCUT2D eigenvalue weighted by Gasteiger charge is -2.39. The molecule has 2 fully saturated rings. The summed E-state index contributed by atoms with van der Waals surface area (Å²) < 4.78 is 34.2. The molecule has 2 saturated heterocycles. The van der Waals surface area contributed by atoms with Gasteiger partial charge in [0.15, 0.2) is 20.3 Å². The van der Waals surface area contributed by atoms with Gasteiger partial charge in [0.05, 0.1) is 43.4 Å². The molecule has 2 aliphatic heterocycles. The molecule has 0 aliphatic carbocycles. The number of rotatable bonds is 10. The Bertz CT molecular complexity index is 1220. The fraction of sp³-hybridized carbons (Fsp3) is 0.750. The fourth-order valence-corrected chi connectivity index (χ4v) is 10.1. The average Bonchev–Trinajstić information content (AvgIpc) is 3.45. The standard InChI is InChI=1S/C28H48Cl2N2O5Si3/c1-28(2,3)40(10,11)37-20-16-35-24-19(15-34-25(20)24)36-21-14-18-23(32(21)17-33-12-13-38(4,5)6)26(39(7,8)9)22(29)27(30)31-18/h14,19-20,24-25H,12-13,15-17H2,1-11H3/t19-,20-,24-,25-/m1/s1. The van der Waals surface area contributed by atoms with E-state index in [0.29, 0.717) is 42.6 Å². The van der Waals surface area contributed by atoms with Crippen LogP contribution >= 0.6 is 23.2 Å². The van der Waals surface area contributed by atoms with E-state index in [4.69, 9.17) is 46.6 Å². The van der Waals surface area contributed by atoms with E-state index in [2.05, 4.69) is 82.7 Å². The molecule has 40 heavy (non-hydrogen) atoms. The lowest BCUT2D eigenvalue weighted by atomic mass is 10.1. The van der Waals surface area contributed by atoms with Gasteiger partial charge in [-0.05, 0) is 29.4 Å². The van der Waals surface area contributed by atoms with E-state index in [0.717, 1.165) is 22.3 Å². The van der Waals surface area contributed by atoms with Crippen molar-refractivity contribution in [3.8, 4) is 5.88 Å². The minimum Gasteiger partial charge on any atom is -0.470 e. The second-order valence-electron chi connectivity index (χ2n) is 15.0. The molecular weight excluding hydrogens is 599 g/mol. The minimum absolute atomic E-state index is 0.0898. The van der Waals surface area contributed by atoms with Crippen LogP contribution in [0, 0.1) is 0 Å². The third-order valence-electron chi connectivity index (χ3n) is 8.35. The first-order valence-electron chi connectivity index (χ1n) is 14.3. The molecule has 4 heterocycles. The summed E-state index contributed by atoms with van der Waals surface area (Å²) in [6.45, 7) is 27.1. The molecule has 2 aromatic rings. The van der Waals surface area contributed by atoms with Crippen molar-refractivity contribution in [1.82, 2.24) is 9.55 Å².